The van der Waals surface area contributed by atoms with Crippen LogP contribution in [0.4, 0.5) is 11.4 Å². The highest BCUT2D eigenvalue weighted by Gasteiger charge is 2.21. The van der Waals surface area contributed by atoms with Gasteiger partial charge < -0.3 is 15.0 Å². The fourth-order valence-corrected chi connectivity index (χ4v) is 4.39. The first-order valence-corrected chi connectivity index (χ1v) is 10.6. The van der Waals surface area contributed by atoms with Gasteiger partial charge in [0.2, 0.25) is 0 Å². The lowest BCUT2D eigenvalue weighted by Gasteiger charge is -2.19. The van der Waals surface area contributed by atoms with Crippen LogP contribution in [0.1, 0.15) is 31.2 Å². The van der Waals surface area contributed by atoms with Crippen LogP contribution in [0.3, 0.4) is 0 Å². The number of nitrogens with zero attached hydrogens (tertiary/aromatic N) is 1. The molecule has 1 aromatic carbocycles. The normalized spacial score (nSPS) is 14.6. The average molecular weight is 483 g/mol. The molecular weight excluding hydrogens is 465 g/mol. The first-order chi connectivity index (χ1) is 13.5. The molecule has 0 atom stereocenters. The van der Waals surface area contributed by atoms with Crippen LogP contribution in [0, 0.1) is 6.92 Å². The maximum absolute atomic E-state index is 12.6. The van der Waals surface area contributed by atoms with Crippen molar-refractivity contribution < 1.29 is 4.74 Å². The van der Waals surface area contributed by atoms with Crippen molar-refractivity contribution >= 4 is 61.4 Å². The summed E-state index contributed by atoms with van der Waals surface area (Å²) in [7, 11) is 0. The zero-order chi connectivity index (χ0) is 19.8. The summed E-state index contributed by atoms with van der Waals surface area (Å²) in [5, 5.41) is 4.73. The van der Waals surface area contributed by atoms with Crippen molar-refractivity contribution in [1.29, 1.82) is 0 Å². The molecule has 0 spiro atoms. The number of aromatic amines is 1. The first kappa shape index (κ1) is 19.6. The molecule has 3 aromatic rings. The number of aryl methyl sites for hydroxylation is 1. The lowest BCUT2D eigenvalue weighted by molar-refractivity contribution is 0.211. The summed E-state index contributed by atoms with van der Waals surface area (Å²) in [5.74, 6) is 0.712. The maximum atomic E-state index is 12.6. The van der Waals surface area contributed by atoms with Crippen LogP contribution in [-0.4, -0.2) is 16.1 Å². The quantitative estimate of drug-likeness (QED) is 0.453. The lowest BCUT2D eigenvalue weighted by atomic mass is 10.1. The summed E-state index contributed by atoms with van der Waals surface area (Å²) in [6.45, 7) is 1.98. The van der Waals surface area contributed by atoms with Gasteiger partial charge in [0.15, 0.2) is 0 Å². The van der Waals surface area contributed by atoms with Crippen LogP contribution in [0.2, 0.25) is 10.0 Å². The molecule has 146 valence electrons. The van der Waals surface area contributed by atoms with Crippen molar-refractivity contribution in [2.24, 2.45) is 0 Å². The molecule has 28 heavy (non-hydrogen) atoms. The van der Waals surface area contributed by atoms with Crippen molar-refractivity contribution in [2.75, 3.05) is 5.32 Å². The number of H-pyrrole nitrogens is 1. The number of halogens is 3. The topological polar surface area (TPSA) is 67.0 Å². The molecule has 2 heterocycles. The van der Waals surface area contributed by atoms with E-state index in [-0.39, 0.29) is 11.7 Å². The predicted molar refractivity (Wildman–Crippen MR) is 117 cm³/mol. The highest BCUT2D eigenvalue weighted by atomic mass is 79.9. The Bertz CT molecular complexity index is 1090. The Labute approximate surface area is 180 Å². The van der Waals surface area contributed by atoms with Gasteiger partial charge in [-0.1, -0.05) is 35.3 Å². The average Bonchev–Trinajstić information content (AvgIpc) is 3.17. The number of anilines is 2. The van der Waals surface area contributed by atoms with Gasteiger partial charge in [-0.05, 0) is 54.1 Å². The third kappa shape index (κ3) is 3.61. The molecule has 1 fully saturated rings. The fraction of sp³-hybridized carbons (Fsp3) is 0.300. The van der Waals surface area contributed by atoms with Gasteiger partial charge in [0, 0.05) is 17.8 Å². The van der Waals surface area contributed by atoms with Crippen LogP contribution in [0.25, 0.3) is 10.9 Å². The van der Waals surface area contributed by atoms with Crippen molar-refractivity contribution in [1.82, 2.24) is 9.97 Å². The largest absolute Gasteiger partial charge is 0.488 e. The second-order valence-corrected chi connectivity index (χ2v) is 8.51. The number of hydrogen-bond donors (Lipinski definition) is 2. The van der Waals surface area contributed by atoms with E-state index < -0.39 is 0 Å². The van der Waals surface area contributed by atoms with E-state index in [0.717, 1.165) is 23.8 Å². The summed E-state index contributed by atoms with van der Waals surface area (Å²) in [4.78, 5) is 19.6. The number of pyridine rings is 2. The van der Waals surface area contributed by atoms with Crippen LogP contribution >= 0.6 is 39.1 Å². The number of nitrogens with one attached hydrogen (secondary N) is 2. The summed E-state index contributed by atoms with van der Waals surface area (Å²) < 4.78 is 6.65. The van der Waals surface area contributed by atoms with E-state index in [1.807, 2.05) is 19.1 Å². The number of aromatic nitrogens is 2. The SMILES string of the molecule is Cc1ccc2c(Nc3c(Cl)cncc3Cl)c(Br)c(=O)[nH]c2c1OC1CCCC1. The van der Waals surface area contributed by atoms with Gasteiger partial charge >= 0.3 is 0 Å². The number of ether oxygens (including phenoxy) is 1. The molecule has 1 saturated carbocycles. The minimum Gasteiger partial charge on any atom is -0.488 e. The van der Waals surface area contributed by atoms with Gasteiger partial charge in [-0.3, -0.25) is 9.78 Å². The summed E-state index contributed by atoms with van der Waals surface area (Å²) in [6, 6.07) is 3.93. The Hall–Kier alpha value is -1.76. The van der Waals surface area contributed by atoms with Gasteiger partial charge in [-0.2, -0.15) is 0 Å². The number of hydrogen-bond acceptors (Lipinski definition) is 4. The number of benzene rings is 1. The summed E-state index contributed by atoms with van der Waals surface area (Å²) >= 11 is 15.9. The third-order valence-electron chi connectivity index (χ3n) is 4.97. The highest BCUT2D eigenvalue weighted by Crippen LogP contribution is 2.40. The monoisotopic (exact) mass is 481 g/mol. The van der Waals surface area contributed by atoms with Crippen LogP contribution < -0.4 is 15.6 Å². The molecule has 0 saturated heterocycles. The van der Waals surface area contributed by atoms with Gasteiger partial charge in [0.05, 0.1) is 33.0 Å². The molecule has 1 aliphatic carbocycles. The van der Waals surface area contributed by atoms with Crippen molar-refractivity contribution in [3.63, 3.8) is 0 Å². The van der Waals surface area contributed by atoms with Gasteiger partial charge in [-0.25, -0.2) is 0 Å². The molecule has 2 N–H and O–H groups in total. The molecule has 0 amide bonds. The molecule has 0 bridgehead atoms. The zero-order valence-electron chi connectivity index (χ0n) is 15.1. The zero-order valence-corrected chi connectivity index (χ0v) is 18.2. The van der Waals surface area contributed by atoms with Crippen molar-refractivity contribution in [3.05, 3.63) is 55.0 Å². The molecule has 2 aromatic heterocycles. The maximum Gasteiger partial charge on any atom is 0.264 e. The Morgan fingerprint density at radius 2 is 1.86 bits per heavy atom. The molecule has 5 nitrogen and oxygen atoms in total. The van der Waals surface area contributed by atoms with E-state index in [1.54, 1.807) is 0 Å². The van der Waals surface area contributed by atoms with E-state index in [0.29, 0.717) is 37.2 Å². The van der Waals surface area contributed by atoms with Crippen LogP contribution in [0.5, 0.6) is 5.75 Å². The van der Waals surface area contributed by atoms with Crippen LogP contribution in [-0.2, 0) is 0 Å². The van der Waals surface area contributed by atoms with E-state index in [9.17, 15) is 4.79 Å². The van der Waals surface area contributed by atoms with Crippen molar-refractivity contribution in [2.45, 2.75) is 38.7 Å². The standard InChI is InChI=1S/C20H18BrCl2N3O2/c1-10-6-7-12-16(25-18-13(22)8-24-9-14(18)23)15(21)20(27)26-17(12)19(10)28-11-4-2-3-5-11/h6-9,11H,2-5H2,1H3,(H2,24,25,26,27). The van der Waals surface area contributed by atoms with Gasteiger partial charge in [0.1, 0.15) is 10.2 Å². The Kier molecular flexibility index (Phi) is 5.54. The Balaban J connectivity index is 1.89. The molecule has 0 aliphatic heterocycles. The van der Waals surface area contributed by atoms with Gasteiger partial charge in [-0.15, -0.1) is 0 Å². The van der Waals surface area contributed by atoms with Gasteiger partial charge in [0.25, 0.3) is 5.56 Å². The molecule has 4 rings (SSSR count). The second-order valence-electron chi connectivity index (χ2n) is 6.90. The van der Waals surface area contributed by atoms with E-state index in [1.165, 1.54) is 25.2 Å². The van der Waals surface area contributed by atoms with Crippen LogP contribution in [0.15, 0.2) is 33.8 Å². The number of rotatable bonds is 4. The van der Waals surface area contributed by atoms with E-state index in [2.05, 4.69) is 31.2 Å². The predicted octanol–water partition coefficient (Wildman–Crippen LogP) is 6.37. The highest BCUT2D eigenvalue weighted by molar-refractivity contribution is 9.10. The molecule has 0 radical (unpaired) electrons. The van der Waals surface area contributed by atoms with Crippen molar-refractivity contribution in [3.8, 4) is 5.75 Å². The summed E-state index contributed by atoms with van der Waals surface area (Å²) in [6.07, 6.45) is 7.57. The summed E-state index contributed by atoms with van der Waals surface area (Å²) in [5.41, 5.74) is 2.43. The minimum absolute atomic E-state index is 0.178. The second kappa shape index (κ2) is 7.93. The molecule has 8 heteroatoms. The lowest BCUT2D eigenvalue weighted by Crippen LogP contribution is -2.15. The fourth-order valence-electron chi connectivity index (χ4n) is 3.52. The molecular formula is C20H18BrCl2N3O2. The van der Waals surface area contributed by atoms with E-state index in [4.69, 9.17) is 27.9 Å². The molecule has 1 aliphatic rings. The Morgan fingerprint density at radius 1 is 1.18 bits per heavy atom. The third-order valence-corrected chi connectivity index (χ3v) is 6.30. The number of fused-ring (bicyclic) bond motifs is 1. The first-order valence-electron chi connectivity index (χ1n) is 9.03. The smallest absolute Gasteiger partial charge is 0.264 e. The van der Waals surface area contributed by atoms with E-state index >= 15 is 0 Å². The Morgan fingerprint density at radius 3 is 2.54 bits per heavy atom. The molecule has 0 unspecified atom stereocenters. The minimum atomic E-state index is -0.266.